The number of hydrogen-bond donors (Lipinski definition) is 0. The van der Waals surface area contributed by atoms with Crippen molar-refractivity contribution in [3.05, 3.63) is 59.6 Å². The van der Waals surface area contributed by atoms with Gasteiger partial charge < -0.3 is 9.47 Å². The molecule has 170 valence electrons. The van der Waals surface area contributed by atoms with Crippen molar-refractivity contribution < 1.29 is 27.0 Å². The maximum Gasteiger partial charge on any atom is 0.417 e. The Hall–Kier alpha value is -3.83. The number of halogens is 4. The second kappa shape index (κ2) is 7.64. The van der Waals surface area contributed by atoms with Gasteiger partial charge in [0.1, 0.15) is 5.82 Å². The van der Waals surface area contributed by atoms with Crippen LogP contribution in [-0.4, -0.2) is 43.8 Å². The third kappa shape index (κ3) is 3.70. The zero-order valence-corrected chi connectivity index (χ0v) is 17.3. The van der Waals surface area contributed by atoms with E-state index in [4.69, 9.17) is 9.47 Å². The van der Waals surface area contributed by atoms with Gasteiger partial charge in [-0.1, -0.05) is 0 Å². The molecule has 0 saturated heterocycles. The first kappa shape index (κ1) is 21.0. The molecule has 0 amide bonds. The van der Waals surface area contributed by atoms with Crippen molar-refractivity contribution in [3.8, 4) is 23.1 Å². The fraction of sp³-hybridized carbons (Fsp3) is 0.286. The van der Waals surface area contributed by atoms with Crippen molar-refractivity contribution >= 4 is 5.65 Å². The molecule has 8 nitrogen and oxygen atoms in total. The van der Waals surface area contributed by atoms with Gasteiger partial charge in [-0.3, -0.25) is 4.98 Å². The summed E-state index contributed by atoms with van der Waals surface area (Å²) in [5.74, 6) is -1.30. The van der Waals surface area contributed by atoms with Crippen LogP contribution in [0, 0.1) is 5.82 Å². The van der Waals surface area contributed by atoms with E-state index in [-0.39, 0.29) is 29.4 Å². The van der Waals surface area contributed by atoms with E-state index >= 15 is 0 Å². The summed E-state index contributed by atoms with van der Waals surface area (Å²) < 4.78 is 65.0. The van der Waals surface area contributed by atoms with Crippen LogP contribution in [0.1, 0.15) is 35.1 Å². The smallest absolute Gasteiger partial charge is 0.417 e. The Morgan fingerprint density at radius 2 is 1.85 bits per heavy atom. The first-order valence-electron chi connectivity index (χ1n) is 9.82. The number of aromatic nitrogens is 6. The molecule has 0 radical (unpaired) electrons. The quantitative estimate of drug-likeness (QED) is 0.416. The number of alkyl halides is 3. The zero-order chi connectivity index (χ0) is 23.3. The lowest BCUT2D eigenvalue weighted by Crippen LogP contribution is -2.08. The normalized spacial score (nSPS) is 17.9. The molecule has 0 N–H and O–H groups in total. The molecule has 0 aliphatic heterocycles. The molecule has 1 fully saturated rings. The minimum absolute atomic E-state index is 0.00132. The number of ether oxygens (including phenoxy) is 2. The van der Waals surface area contributed by atoms with Gasteiger partial charge in [0.15, 0.2) is 5.65 Å². The van der Waals surface area contributed by atoms with Crippen molar-refractivity contribution in [1.29, 1.82) is 0 Å². The van der Waals surface area contributed by atoms with Crippen molar-refractivity contribution in [2.24, 2.45) is 0 Å². The Morgan fingerprint density at radius 1 is 1.03 bits per heavy atom. The Balaban J connectivity index is 1.54. The number of imidazole rings is 1. The lowest BCUT2D eigenvalue weighted by molar-refractivity contribution is -0.138. The second-order valence-corrected chi connectivity index (χ2v) is 7.50. The number of hydrogen-bond acceptors (Lipinski definition) is 7. The highest BCUT2D eigenvalue weighted by Gasteiger charge is 2.44. The molecule has 1 aliphatic rings. The van der Waals surface area contributed by atoms with E-state index < -0.39 is 17.6 Å². The van der Waals surface area contributed by atoms with Gasteiger partial charge in [-0.2, -0.15) is 23.3 Å². The molecule has 0 aromatic carbocycles. The van der Waals surface area contributed by atoms with E-state index in [1.165, 1.54) is 20.4 Å². The van der Waals surface area contributed by atoms with Crippen molar-refractivity contribution in [3.63, 3.8) is 0 Å². The molecule has 1 unspecified atom stereocenters. The molecule has 2 atom stereocenters. The van der Waals surface area contributed by atoms with Crippen LogP contribution in [0.5, 0.6) is 11.9 Å². The first-order chi connectivity index (χ1) is 15.8. The van der Waals surface area contributed by atoms with E-state index in [0.717, 1.165) is 5.56 Å². The topological polar surface area (TPSA) is 87.3 Å². The minimum atomic E-state index is -4.66. The highest BCUT2D eigenvalue weighted by Crippen LogP contribution is 2.56. The van der Waals surface area contributed by atoms with Gasteiger partial charge in [-0.05, 0) is 24.5 Å². The summed E-state index contributed by atoms with van der Waals surface area (Å²) in [7, 11) is 2.89. The fourth-order valence-electron chi connectivity index (χ4n) is 3.84. The Morgan fingerprint density at radius 3 is 2.55 bits per heavy atom. The maximum absolute atomic E-state index is 14.5. The maximum atomic E-state index is 14.5. The first-order valence-corrected chi connectivity index (χ1v) is 9.82. The third-order valence-corrected chi connectivity index (χ3v) is 5.51. The number of fused-ring (bicyclic) bond motifs is 1. The largest absolute Gasteiger partial charge is 0.480 e. The van der Waals surface area contributed by atoms with Crippen molar-refractivity contribution in [2.75, 3.05) is 14.2 Å². The standard InChI is InChI=1S/C21H16F4N6O2/c1-32-19-14(9-28-20(29-19)33-2)16-7-13(18-26-3-4-31(18)30-16)11-6-12(11)17-15(22)5-10(8-27-17)21(23,24)25/h3-5,7-9,11-12H,6H2,1-2H3/t11?,12-/m0/s1. The van der Waals surface area contributed by atoms with Gasteiger partial charge >= 0.3 is 12.2 Å². The van der Waals surface area contributed by atoms with Crippen LogP contribution in [-0.2, 0) is 6.18 Å². The van der Waals surface area contributed by atoms with E-state index in [1.807, 2.05) is 0 Å². The molecule has 4 heterocycles. The summed E-state index contributed by atoms with van der Waals surface area (Å²) in [4.78, 5) is 16.4. The van der Waals surface area contributed by atoms with Crippen LogP contribution < -0.4 is 9.47 Å². The number of methoxy groups -OCH3 is 2. The van der Waals surface area contributed by atoms with Gasteiger partial charge in [-0.15, -0.1) is 0 Å². The Labute approximate surface area is 184 Å². The summed E-state index contributed by atoms with van der Waals surface area (Å²) in [6, 6.07) is 2.40. The number of rotatable bonds is 5. The highest BCUT2D eigenvalue weighted by atomic mass is 19.4. The van der Waals surface area contributed by atoms with Crippen LogP contribution in [0.15, 0.2) is 36.9 Å². The molecular weight excluding hydrogens is 444 g/mol. The van der Waals surface area contributed by atoms with Crippen LogP contribution in [0.25, 0.3) is 16.9 Å². The average molecular weight is 460 g/mol. The van der Waals surface area contributed by atoms with Crippen molar-refractivity contribution in [1.82, 2.24) is 29.5 Å². The van der Waals surface area contributed by atoms with Gasteiger partial charge in [0.25, 0.3) is 0 Å². The highest BCUT2D eigenvalue weighted by molar-refractivity contribution is 5.68. The SMILES string of the molecule is COc1ncc(-c2cc(C3C[C@@H]3c3ncc(C(F)(F)F)cc3F)c3nccn3n2)c(OC)n1. The average Bonchev–Trinajstić information content (AvgIpc) is 3.44. The molecule has 12 heteroatoms. The summed E-state index contributed by atoms with van der Waals surface area (Å²) >= 11 is 0. The van der Waals surface area contributed by atoms with E-state index in [1.54, 1.807) is 23.0 Å². The molecule has 4 aromatic heterocycles. The van der Waals surface area contributed by atoms with Gasteiger partial charge in [-0.25, -0.2) is 18.9 Å². The molecule has 0 bridgehead atoms. The molecule has 4 aromatic rings. The molecule has 5 rings (SSSR count). The number of pyridine rings is 1. The predicted molar refractivity (Wildman–Crippen MR) is 106 cm³/mol. The summed E-state index contributed by atoms with van der Waals surface area (Å²) in [6.07, 6.45) is 1.27. The lowest BCUT2D eigenvalue weighted by Gasteiger charge is -2.11. The predicted octanol–water partition coefficient (Wildman–Crippen LogP) is 4.03. The van der Waals surface area contributed by atoms with Gasteiger partial charge in [0, 0.05) is 36.3 Å². The lowest BCUT2D eigenvalue weighted by atomic mass is 10.1. The fourth-order valence-corrected chi connectivity index (χ4v) is 3.84. The van der Waals surface area contributed by atoms with Crippen LogP contribution in [0.4, 0.5) is 17.6 Å². The summed E-state index contributed by atoms with van der Waals surface area (Å²) in [5, 5.41) is 4.53. The molecule has 33 heavy (non-hydrogen) atoms. The third-order valence-electron chi connectivity index (χ3n) is 5.51. The van der Waals surface area contributed by atoms with Crippen LogP contribution in [0.2, 0.25) is 0 Å². The molecular formula is C21H16F4N6O2. The van der Waals surface area contributed by atoms with E-state index in [9.17, 15) is 17.6 Å². The number of nitrogens with zero attached hydrogens (tertiary/aromatic N) is 6. The van der Waals surface area contributed by atoms with E-state index in [0.29, 0.717) is 35.6 Å². The van der Waals surface area contributed by atoms with Gasteiger partial charge in [0.05, 0.1) is 36.7 Å². The van der Waals surface area contributed by atoms with Crippen molar-refractivity contribution in [2.45, 2.75) is 24.4 Å². The second-order valence-electron chi connectivity index (χ2n) is 7.50. The minimum Gasteiger partial charge on any atom is -0.480 e. The van der Waals surface area contributed by atoms with Crippen LogP contribution in [0.3, 0.4) is 0 Å². The van der Waals surface area contributed by atoms with Crippen LogP contribution >= 0.6 is 0 Å². The Kier molecular flexibility index (Phi) is 4.87. The van der Waals surface area contributed by atoms with E-state index in [2.05, 4.69) is 25.0 Å². The summed E-state index contributed by atoms with van der Waals surface area (Å²) in [5.41, 5.74) is 1.20. The Bertz CT molecular complexity index is 1360. The summed E-state index contributed by atoms with van der Waals surface area (Å²) in [6.45, 7) is 0. The molecule has 1 saturated carbocycles. The monoisotopic (exact) mass is 460 g/mol. The van der Waals surface area contributed by atoms with Gasteiger partial charge in [0.2, 0.25) is 5.88 Å². The zero-order valence-electron chi connectivity index (χ0n) is 17.3. The molecule has 1 aliphatic carbocycles. The molecule has 0 spiro atoms.